The fourth-order valence-corrected chi connectivity index (χ4v) is 4.71. The van der Waals surface area contributed by atoms with Gasteiger partial charge in [0.15, 0.2) is 10.9 Å². The molecule has 0 aliphatic heterocycles. The van der Waals surface area contributed by atoms with Gasteiger partial charge in [-0.3, -0.25) is 4.79 Å². The van der Waals surface area contributed by atoms with Gasteiger partial charge >= 0.3 is 0 Å². The summed E-state index contributed by atoms with van der Waals surface area (Å²) >= 11 is 1.38. The summed E-state index contributed by atoms with van der Waals surface area (Å²) in [6.45, 7) is 6.77. The normalized spacial score (nSPS) is 12.0. The third kappa shape index (κ3) is 4.41. The van der Waals surface area contributed by atoms with E-state index in [-0.39, 0.29) is 16.4 Å². The first kappa shape index (κ1) is 21.6. The molecular formula is C20H26N4O3S2. The molecule has 0 radical (unpaired) electrons. The van der Waals surface area contributed by atoms with Crippen LogP contribution in [-0.4, -0.2) is 34.1 Å². The van der Waals surface area contributed by atoms with E-state index in [1.165, 1.54) is 23.9 Å². The number of unbranched alkanes of at least 4 members (excludes halogenated alkanes) is 1. The number of benzene rings is 1. The number of carbonyl (C=O) groups excluding carboxylic acids is 1. The lowest BCUT2D eigenvalue weighted by atomic mass is 10.2. The molecule has 0 unspecified atom stereocenters. The third-order valence-electron chi connectivity index (χ3n) is 5.16. The maximum atomic E-state index is 12.8. The highest BCUT2D eigenvalue weighted by Crippen LogP contribution is 2.27. The zero-order chi connectivity index (χ0) is 21.3. The molecule has 2 N–H and O–H groups in total. The molecule has 0 fully saturated rings. The number of sulfonamides is 1. The number of aromatic nitrogens is 3. The maximum absolute atomic E-state index is 12.8. The van der Waals surface area contributed by atoms with Gasteiger partial charge in [0.1, 0.15) is 0 Å². The lowest BCUT2D eigenvalue weighted by Crippen LogP contribution is -2.11. The molecule has 3 aromatic rings. The number of aryl methyl sites for hydroxylation is 2. The Labute approximate surface area is 175 Å². The summed E-state index contributed by atoms with van der Waals surface area (Å²) in [6.07, 6.45) is 1.97. The molecular weight excluding hydrogens is 408 g/mol. The average Bonchev–Trinajstić information content (AvgIpc) is 3.15. The Hall–Kier alpha value is -2.10. The standard InChI is InChI=1S/C20H26N4O3S2/c1-5-6-9-24-18-8-7-15(29(21,26)27)11-17(18)22-20(24)28-12-19(25)16-10-13(2)23(4)14(16)3/h7-8,10-11H,5-6,9,12H2,1-4H3,(H2,21,26,27). The van der Waals surface area contributed by atoms with Crippen LogP contribution < -0.4 is 5.14 Å². The molecule has 0 bridgehead atoms. The van der Waals surface area contributed by atoms with Crippen molar-refractivity contribution < 1.29 is 13.2 Å². The first-order chi connectivity index (χ1) is 13.6. The second-order valence-electron chi connectivity index (χ2n) is 7.15. The minimum Gasteiger partial charge on any atom is -0.351 e. The summed E-state index contributed by atoms with van der Waals surface area (Å²) in [6, 6.07) is 6.63. The van der Waals surface area contributed by atoms with E-state index in [9.17, 15) is 13.2 Å². The summed E-state index contributed by atoms with van der Waals surface area (Å²) in [7, 11) is -1.85. The van der Waals surface area contributed by atoms with E-state index < -0.39 is 10.0 Å². The van der Waals surface area contributed by atoms with Crippen molar-refractivity contribution in [3.63, 3.8) is 0 Å². The monoisotopic (exact) mass is 434 g/mol. The van der Waals surface area contributed by atoms with Gasteiger partial charge in [0.2, 0.25) is 10.0 Å². The quantitative estimate of drug-likeness (QED) is 0.432. The van der Waals surface area contributed by atoms with Gasteiger partial charge in [-0.2, -0.15) is 0 Å². The highest BCUT2D eigenvalue weighted by molar-refractivity contribution is 7.99. The van der Waals surface area contributed by atoms with Crippen molar-refractivity contribution in [1.29, 1.82) is 0 Å². The summed E-state index contributed by atoms with van der Waals surface area (Å²) in [5.74, 6) is 0.317. The number of fused-ring (bicyclic) bond motifs is 1. The molecule has 2 aromatic heterocycles. The van der Waals surface area contributed by atoms with Crippen molar-refractivity contribution in [3.05, 3.63) is 41.2 Å². The minimum absolute atomic E-state index is 0.0353. The molecule has 0 spiro atoms. The van der Waals surface area contributed by atoms with E-state index in [1.54, 1.807) is 6.07 Å². The summed E-state index contributed by atoms with van der Waals surface area (Å²) in [5, 5.41) is 5.96. The highest BCUT2D eigenvalue weighted by atomic mass is 32.2. The molecule has 7 nitrogen and oxygen atoms in total. The molecule has 0 aliphatic rings. The molecule has 0 saturated heterocycles. The number of carbonyl (C=O) groups is 1. The number of hydrogen-bond donors (Lipinski definition) is 1. The third-order valence-corrected chi connectivity index (χ3v) is 7.04. The number of nitrogens with zero attached hydrogens (tertiary/aromatic N) is 3. The van der Waals surface area contributed by atoms with Gasteiger partial charge < -0.3 is 9.13 Å². The maximum Gasteiger partial charge on any atom is 0.238 e. The second-order valence-corrected chi connectivity index (χ2v) is 9.65. The Balaban J connectivity index is 1.92. The zero-order valence-corrected chi connectivity index (χ0v) is 18.7. The van der Waals surface area contributed by atoms with E-state index in [4.69, 9.17) is 5.14 Å². The van der Waals surface area contributed by atoms with Gasteiger partial charge in [-0.05, 0) is 44.5 Å². The Morgan fingerprint density at radius 1 is 1.24 bits per heavy atom. The predicted octanol–water partition coefficient (Wildman–Crippen LogP) is 3.41. The van der Waals surface area contributed by atoms with Gasteiger partial charge in [0.25, 0.3) is 0 Å². The van der Waals surface area contributed by atoms with Crippen molar-refractivity contribution in [3.8, 4) is 0 Å². The van der Waals surface area contributed by atoms with Crippen LogP contribution in [0.25, 0.3) is 11.0 Å². The van der Waals surface area contributed by atoms with Crippen LogP contribution in [0.4, 0.5) is 0 Å². The largest absolute Gasteiger partial charge is 0.351 e. The molecule has 1 aromatic carbocycles. The number of thioether (sulfide) groups is 1. The highest BCUT2D eigenvalue weighted by Gasteiger charge is 2.18. The molecule has 156 valence electrons. The minimum atomic E-state index is -3.80. The topological polar surface area (TPSA) is 100.0 Å². The smallest absolute Gasteiger partial charge is 0.238 e. The van der Waals surface area contributed by atoms with Crippen molar-refractivity contribution in [2.24, 2.45) is 12.2 Å². The molecule has 0 atom stereocenters. The first-order valence-corrected chi connectivity index (χ1v) is 12.0. The van der Waals surface area contributed by atoms with Crippen LogP contribution in [0.3, 0.4) is 0 Å². The van der Waals surface area contributed by atoms with E-state index in [0.29, 0.717) is 10.7 Å². The molecule has 3 rings (SSSR count). The van der Waals surface area contributed by atoms with Crippen LogP contribution in [0.5, 0.6) is 0 Å². The zero-order valence-electron chi connectivity index (χ0n) is 17.1. The molecule has 0 amide bonds. The summed E-state index contributed by atoms with van der Waals surface area (Å²) < 4.78 is 27.4. The molecule has 0 saturated carbocycles. The van der Waals surface area contributed by atoms with Crippen LogP contribution in [-0.2, 0) is 23.6 Å². The lowest BCUT2D eigenvalue weighted by molar-refractivity contribution is 0.102. The average molecular weight is 435 g/mol. The number of hydrogen-bond acceptors (Lipinski definition) is 5. The van der Waals surface area contributed by atoms with Crippen LogP contribution in [0.1, 0.15) is 41.5 Å². The number of nitrogens with two attached hydrogens (primary N) is 1. The van der Waals surface area contributed by atoms with Gasteiger partial charge in [0.05, 0.1) is 21.7 Å². The number of rotatable bonds is 8. The number of Topliss-reactive ketones (excluding diaryl/α,β-unsaturated/α-hetero) is 1. The molecule has 9 heteroatoms. The molecule has 0 aliphatic carbocycles. The van der Waals surface area contributed by atoms with Crippen molar-refractivity contribution in [2.45, 2.75) is 50.2 Å². The summed E-state index contributed by atoms with van der Waals surface area (Å²) in [5.41, 5.74) is 4.12. The number of ketones is 1. The SMILES string of the molecule is CCCCn1c(SCC(=O)c2cc(C)n(C)c2C)nc2cc(S(N)(=O)=O)ccc21. The second kappa shape index (κ2) is 8.33. The van der Waals surface area contributed by atoms with Gasteiger partial charge in [-0.15, -0.1) is 0 Å². The van der Waals surface area contributed by atoms with Crippen LogP contribution in [0.2, 0.25) is 0 Å². The predicted molar refractivity (Wildman–Crippen MR) is 116 cm³/mol. The molecule has 2 heterocycles. The van der Waals surface area contributed by atoms with E-state index in [2.05, 4.69) is 11.9 Å². The Kier molecular flexibility index (Phi) is 6.21. The van der Waals surface area contributed by atoms with Crippen molar-refractivity contribution >= 4 is 38.6 Å². The van der Waals surface area contributed by atoms with E-state index in [0.717, 1.165) is 41.9 Å². The van der Waals surface area contributed by atoms with Gasteiger partial charge in [-0.1, -0.05) is 25.1 Å². The fraction of sp³-hybridized carbons (Fsp3) is 0.400. The first-order valence-electron chi connectivity index (χ1n) is 9.45. The van der Waals surface area contributed by atoms with Gasteiger partial charge in [-0.25, -0.2) is 18.5 Å². The Morgan fingerprint density at radius 2 is 1.97 bits per heavy atom. The van der Waals surface area contributed by atoms with Crippen molar-refractivity contribution in [1.82, 2.24) is 14.1 Å². The number of imidazole rings is 1. The van der Waals surface area contributed by atoms with Crippen LogP contribution in [0, 0.1) is 13.8 Å². The number of primary sulfonamides is 1. The van der Waals surface area contributed by atoms with E-state index in [1.807, 2.05) is 36.1 Å². The summed E-state index contributed by atoms with van der Waals surface area (Å²) in [4.78, 5) is 17.4. The Morgan fingerprint density at radius 3 is 2.55 bits per heavy atom. The van der Waals surface area contributed by atoms with Crippen molar-refractivity contribution in [2.75, 3.05) is 5.75 Å². The van der Waals surface area contributed by atoms with Crippen LogP contribution in [0.15, 0.2) is 34.3 Å². The molecule has 29 heavy (non-hydrogen) atoms. The Bertz CT molecular complexity index is 1180. The van der Waals surface area contributed by atoms with Gasteiger partial charge in [0, 0.05) is 30.5 Å². The van der Waals surface area contributed by atoms with E-state index >= 15 is 0 Å². The fourth-order valence-electron chi connectivity index (χ4n) is 3.25. The lowest BCUT2D eigenvalue weighted by Gasteiger charge is -2.08. The van der Waals surface area contributed by atoms with Crippen LogP contribution >= 0.6 is 11.8 Å².